The van der Waals surface area contributed by atoms with Crippen molar-refractivity contribution < 1.29 is 19.5 Å². The van der Waals surface area contributed by atoms with Crippen LogP contribution in [-0.4, -0.2) is 51.9 Å². The lowest BCUT2D eigenvalue weighted by Gasteiger charge is -2.41. The minimum absolute atomic E-state index is 0.0121. The number of carboxylic acid groups (broad SMARTS) is 1. The summed E-state index contributed by atoms with van der Waals surface area (Å²) in [7, 11) is 0. The van der Waals surface area contributed by atoms with Gasteiger partial charge in [0, 0.05) is 6.54 Å². The second kappa shape index (κ2) is 13.1. The van der Waals surface area contributed by atoms with Gasteiger partial charge in [-0.3, -0.25) is 14.6 Å². The van der Waals surface area contributed by atoms with Crippen LogP contribution in [0.1, 0.15) is 74.0 Å². The van der Waals surface area contributed by atoms with E-state index in [0.29, 0.717) is 12.2 Å². The predicted molar refractivity (Wildman–Crippen MR) is 145 cm³/mol. The molecule has 1 fully saturated rings. The number of carbonyl (C=O) groups excluding carboxylic acids is 2. The lowest BCUT2D eigenvalue weighted by molar-refractivity contribution is -0.137. The van der Waals surface area contributed by atoms with E-state index < -0.39 is 11.9 Å². The van der Waals surface area contributed by atoms with Crippen molar-refractivity contribution in [2.24, 2.45) is 0 Å². The van der Waals surface area contributed by atoms with Gasteiger partial charge in [-0.1, -0.05) is 82.0 Å². The SMILES string of the molecule is CC.CCCCCC1CN(CC(=O)Nc2ccccc2C(=O)O)C(=O)C2=CC(c3ccc(C)cc3)NN21. The normalized spacial score (nSPS) is 18.5. The van der Waals surface area contributed by atoms with E-state index in [2.05, 4.69) is 41.9 Å². The summed E-state index contributed by atoms with van der Waals surface area (Å²) in [4.78, 5) is 39.2. The zero-order chi connectivity index (χ0) is 26.9. The fraction of sp³-hybridized carbons (Fsp3) is 0.414. The average Bonchev–Trinajstić information content (AvgIpc) is 3.35. The number of hydrazine groups is 1. The summed E-state index contributed by atoms with van der Waals surface area (Å²) in [5.41, 5.74) is 6.54. The number of benzene rings is 2. The van der Waals surface area contributed by atoms with Gasteiger partial charge in [-0.05, 0) is 37.1 Å². The number of carbonyl (C=O) groups is 3. The third-order valence-electron chi connectivity index (χ3n) is 6.51. The van der Waals surface area contributed by atoms with Crippen LogP contribution in [0.15, 0.2) is 60.3 Å². The zero-order valence-electron chi connectivity index (χ0n) is 22.2. The Hall–Kier alpha value is -3.65. The molecule has 0 aliphatic carbocycles. The fourth-order valence-corrected chi connectivity index (χ4v) is 4.63. The minimum atomic E-state index is -1.12. The van der Waals surface area contributed by atoms with Crippen LogP contribution in [0.3, 0.4) is 0 Å². The lowest BCUT2D eigenvalue weighted by Crippen LogP contribution is -2.57. The van der Waals surface area contributed by atoms with Crippen molar-refractivity contribution in [2.45, 2.75) is 65.5 Å². The predicted octanol–water partition coefficient (Wildman–Crippen LogP) is 4.89. The maximum atomic E-state index is 13.4. The molecule has 0 saturated carbocycles. The van der Waals surface area contributed by atoms with Crippen molar-refractivity contribution in [3.8, 4) is 0 Å². The quantitative estimate of drug-likeness (QED) is 0.419. The molecule has 2 heterocycles. The third kappa shape index (κ3) is 6.77. The summed E-state index contributed by atoms with van der Waals surface area (Å²) in [5, 5.41) is 14.0. The summed E-state index contributed by atoms with van der Waals surface area (Å²) in [6.45, 7) is 8.47. The molecule has 2 amide bonds. The van der Waals surface area contributed by atoms with Crippen LogP contribution in [0.5, 0.6) is 0 Å². The number of para-hydroxylation sites is 1. The largest absolute Gasteiger partial charge is 0.478 e. The molecule has 2 aromatic rings. The van der Waals surface area contributed by atoms with Crippen molar-refractivity contribution in [1.29, 1.82) is 0 Å². The zero-order valence-corrected chi connectivity index (χ0v) is 22.2. The van der Waals surface area contributed by atoms with Crippen LogP contribution in [-0.2, 0) is 9.59 Å². The number of nitrogens with one attached hydrogen (secondary N) is 2. The molecule has 3 N–H and O–H groups in total. The maximum Gasteiger partial charge on any atom is 0.337 e. The lowest BCUT2D eigenvalue weighted by atomic mass is 10.0. The van der Waals surface area contributed by atoms with Gasteiger partial charge in [-0.15, -0.1) is 0 Å². The number of amides is 2. The number of aryl methyl sites for hydroxylation is 1. The molecule has 4 rings (SSSR count). The van der Waals surface area contributed by atoms with E-state index in [1.807, 2.05) is 31.9 Å². The van der Waals surface area contributed by atoms with Crippen molar-refractivity contribution in [1.82, 2.24) is 15.3 Å². The molecular weight excluding hydrogens is 468 g/mol. The average molecular weight is 507 g/mol. The second-order valence-corrected chi connectivity index (χ2v) is 9.17. The van der Waals surface area contributed by atoms with Gasteiger partial charge in [0.05, 0.1) is 23.3 Å². The van der Waals surface area contributed by atoms with E-state index in [0.717, 1.165) is 31.2 Å². The van der Waals surface area contributed by atoms with E-state index in [-0.39, 0.29) is 35.8 Å². The van der Waals surface area contributed by atoms with Gasteiger partial charge < -0.3 is 15.3 Å². The first kappa shape index (κ1) is 27.9. The molecule has 198 valence electrons. The highest BCUT2D eigenvalue weighted by atomic mass is 16.4. The van der Waals surface area contributed by atoms with E-state index in [4.69, 9.17) is 0 Å². The Labute approximate surface area is 219 Å². The Morgan fingerprint density at radius 3 is 2.46 bits per heavy atom. The van der Waals surface area contributed by atoms with E-state index in [1.165, 1.54) is 11.6 Å². The molecule has 1 saturated heterocycles. The first-order valence-electron chi connectivity index (χ1n) is 13.1. The smallest absolute Gasteiger partial charge is 0.337 e. The van der Waals surface area contributed by atoms with Crippen molar-refractivity contribution in [3.05, 3.63) is 77.0 Å². The summed E-state index contributed by atoms with van der Waals surface area (Å²) < 4.78 is 0. The molecular formula is C29H38N4O4. The topological polar surface area (TPSA) is 102 Å². The van der Waals surface area contributed by atoms with Crippen molar-refractivity contribution >= 4 is 23.5 Å². The van der Waals surface area contributed by atoms with Gasteiger partial charge in [0.1, 0.15) is 12.2 Å². The van der Waals surface area contributed by atoms with Gasteiger partial charge in [0.25, 0.3) is 5.91 Å². The number of nitrogens with zero attached hydrogens (tertiary/aromatic N) is 2. The van der Waals surface area contributed by atoms with Gasteiger partial charge in [-0.25, -0.2) is 10.2 Å². The number of carboxylic acids is 1. The Bertz CT molecular complexity index is 1130. The molecule has 0 aromatic heterocycles. The molecule has 2 aliphatic heterocycles. The van der Waals surface area contributed by atoms with Crippen LogP contribution in [0.2, 0.25) is 0 Å². The van der Waals surface area contributed by atoms with E-state index >= 15 is 0 Å². The Morgan fingerprint density at radius 2 is 1.78 bits per heavy atom. The van der Waals surface area contributed by atoms with E-state index in [9.17, 15) is 19.5 Å². The third-order valence-corrected chi connectivity index (χ3v) is 6.51. The monoisotopic (exact) mass is 506 g/mol. The molecule has 2 atom stereocenters. The Kier molecular flexibility index (Phi) is 9.85. The summed E-state index contributed by atoms with van der Waals surface area (Å²) in [6, 6.07) is 14.4. The summed E-state index contributed by atoms with van der Waals surface area (Å²) in [5.74, 6) is -1.75. The van der Waals surface area contributed by atoms with Crippen LogP contribution in [0.25, 0.3) is 0 Å². The molecule has 0 spiro atoms. The molecule has 0 bridgehead atoms. The van der Waals surface area contributed by atoms with Gasteiger partial charge >= 0.3 is 5.97 Å². The van der Waals surface area contributed by atoms with Crippen LogP contribution in [0.4, 0.5) is 5.69 Å². The number of hydrogen-bond donors (Lipinski definition) is 3. The molecule has 8 heteroatoms. The maximum absolute atomic E-state index is 13.4. The summed E-state index contributed by atoms with van der Waals surface area (Å²) in [6.07, 6.45) is 6.06. The van der Waals surface area contributed by atoms with Crippen LogP contribution in [0, 0.1) is 6.92 Å². The number of fused-ring (bicyclic) bond motifs is 1. The van der Waals surface area contributed by atoms with Crippen molar-refractivity contribution in [3.63, 3.8) is 0 Å². The van der Waals surface area contributed by atoms with Gasteiger partial charge in [-0.2, -0.15) is 0 Å². The Morgan fingerprint density at radius 1 is 1.08 bits per heavy atom. The minimum Gasteiger partial charge on any atom is -0.478 e. The highest BCUT2D eigenvalue weighted by molar-refractivity contribution is 6.03. The standard InChI is InChI=1S/C27H32N4O4.C2H6/c1-3-4-5-8-20-16-30(17-25(32)28-22-10-7-6-9-21(22)27(34)35)26(33)24-15-23(29-31(20)24)19-13-11-18(2)12-14-19;1-2/h6-7,9-15,20,23,29H,3-5,8,16-17H2,1-2H3,(H,28,32)(H,34,35);1-2H3. The number of anilines is 1. The molecule has 2 aliphatic rings. The first-order valence-corrected chi connectivity index (χ1v) is 13.1. The second-order valence-electron chi connectivity index (χ2n) is 9.17. The Balaban J connectivity index is 0.00000186. The van der Waals surface area contributed by atoms with Crippen LogP contribution >= 0.6 is 0 Å². The van der Waals surface area contributed by atoms with Gasteiger partial charge in [0.2, 0.25) is 5.91 Å². The highest BCUT2D eigenvalue weighted by Gasteiger charge is 2.41. The number of hydrogen-bond acceptors (Lipinski definition) is 5. The van der Waals surface area contributed by atoms with Gasteiger partial charge in [0.15, 0.2) is 0 Å². The number of aromatic carboxylic acids is 1. The number of unbranched alkanes of at least 4 members (excludes halogenated alkanes) is 2. The molecule has 0 radical (unpaired) electrons. The summed E-state index contributed by atoms with van der Waals surface area (Å²) >= 11 is 0. The van der Waals surface area contributed by atoms with Crippen molar-refractivity contribution in [2.75, 3.05) is 18.4 Å². The van der Waals surface area contributed by atoms with E-state index in [1.54, 1.807) is 23.1 Å². The van der Waals surface area contributed by atoms with Crippen LogP contribution < -0.4 is 10.7 Å². The molecule has 2 unspecified atom stereocenters. The fourth-order valence-electron chi connectivity index (χ4n) is 4.63. The molecule has 37 heavy (non-hydrogen) atoms. The number of piperazine rings is 1. The molecule has 8 nitrogen and oxygen atoms in total. The number of rotatable bonds is 9. The molecule has 2 aromatic carbocycles. The first-order chi connectivity index (χ1) is 17.9. The highest BCUT2D eigenvalue weighted by Crippen LogP contribution is 2.32.